The number of halogens is 2. The molecule has 2 rings (SSSR count). The maximum absolute atomic E-state index is 11.9. The predicted octanol–water partition coefficient (Wildman–Crippen LogP) is 4.28. The van der Waals surface area contributed by atoms with Crippen LogP contribution in [0, 0.1) is 0 Å². The molecule has 0 bridgehead atoms. The van der Waals surface area contributed by atoms with E-state index in [0.29, 0.717) is 15.6 Å². The third-order valence-electron chi connectivity index (χ3n) is 3.42. The quantitative estimate of drug-likeness (QED) is 0.777. The first-order valence-electron chi connectivity index (χ1n) is 7.47. The van der Waals surface area contributed by atoms with Crippen LogP contribution in [-0.4, -0.2) is 18.5 Å². The number of rotatable bonds is 6. The minimum Gasteiger partial charge on any atom is -0.455 e. The molecule has 0 spiro atoms. The number of esters is 1. The zero-order chi connectivity index (χ0) is 17.5. The Kier molecular flexibility index (Phi) is 6.64. The summed E-state index contributed by atoms with van der Waals surface area (Å²) in [6.45, 7) is 1.64. The molecule has 0 saturated heterocycles. The van der Waals surface area contributed by atoms with E-state index in [1.165, 1.54) is 0 Å². The van der Waals surface area contributed by atoms with Crippen molar-refractivity contribution < 1.29 is 14.3 Å². The molecule has 1 N–H and O–H groups in total. The van der Waals surface area contributed by atoms with Gasteiger partial charge < -0.3 is 10.1 Å². The Morgan fingerprint density at radius 1 is 1.04 bits per heavy atom. The van der Waals surface area contributed by atoms with Crippen molar-refractivity contribution in [2.75, 3.05) is 11.9 Å². The average Bonchev–Trinajstić information content (AvgIpc) is 2.57. The molecule has 0 aromatic heterocycles. The first-order valence-corrected chi connectivity index (χ1v) is 8.23. The van der Waals surface area contributed by atoms with Gasteiger partial charge in [-0.25, -0.2) is 0 Å². The van der Waals surface area contributed by atoms with Crippen molar-refractivity contribution >= 4 is 40.8 Å². The lowest BCUT2D eigenvalue weighted by Crippen LogP contribution is -2.22. The van der Waals surface area contributed by atoms with Crippen LogP contribution in [0.2, 0.25) is 10.0 Å². The molecule has 0 heterocycles. The molecule has 0 aliphatic heterocycles. The van der Waals surface area contributed by atoms with Crippen molar-refractivity contribution in [2.45, 2.75) is 19.8 Å². The Hall–Kier alpha value is -2.04. The molecule has 2 aromatic carbocycles. The minimum atomic E-state index is -0.566. The summed E-state index contributed by atoms with van der Waals surface area (Å²) in [4.78, 5) is 23.8. The lowest BCUT2D eigenvalue weighted by molar-refractivity contribution is -0.146. The van der Waals surface area contributed by atoms with Crippen LogP contribution in [0.25, 0.3) is 0 Å². The van der Waals surface area contributed by atoms with Gasteiger partial charge in [0.2, 0.25) is 0 Å². The molecular formula is C18H17Cl2NO3. The summed E-state index contributed by atoms with van der Waals surface area (Å²) in [5.74, 6) is -0.960. The van der Waals surface area contributed by atoms with Crippen LogP contribution >= 0.6 is 23.2 Å². The number of carbonyl (C=O) groups is 2. The van der Waals surface area contributed by atoms with E-state index in [1.807, 2.05) is 31.2 Å². The van der Waals surface area contributed by atoms with Crippen molar-refractivity contribution in [1.82, 2.24) is 0 Å². The zero-order valence-electron chi connectivity index (χ0n) is 13.1. The highest BCUT2D eigenvalue weighted by atomic mass is 35.5. The highest BCUT2D eigenvalue weighted by Gasteiger charge is 2.14. The van der Waals surface area contributed by atoms with Gasteiger partial charge in [0.05, 0.1) is 6.42 Å². The normalized spacial score (nSPS) is 10.3. The summed E-state index contributed by atoms with van der Waals surface area (Å²) < 4.78 is 5.00. The third-order valence-corrected chi connectivity index (χ3v) is 4.13. The summed E-state index contributed by atoms with van der Waals surface area (Å²) in [7, 11) is 0. The lowest BCUT2D eigenvalue weighted by Gasteiger charge is -2.10. The monoisotopic (exact) mass is 365 g/mol. The molecule has 0 fully saturated rings. The number of anilines is 1. The number of nitrogens with one attached hydrogen (secondary N) is 1. The van der Waals surface area contributed by atoms with Gasteiger partial charge in [-0.1, -0.05) is 54.4 Å². The van der Waals surface area contributed by atoms with Crippen molar-refractivity contribution in [2.24, 2.45) is 0 Å². The van der Waals surface area contributed by atoms with Gasteiger partial charge in [0.15, 0.2) is 6.61 Å². The van der Waals surface area contributed by atoms with Gasteiger partial charge in [0.1, 0.15) is 0 Å². The van der Waals surface area contributed by atoms with E-state index in [0.717, 1.165) is 17.7 Å². The molecule has 0 saturated carbocycles. The van der Waals surface area contributed by atoms with Gasteiger partial charge in [-0.3, -0.25) is 9.59 Å². The third kappa shape index (κ3) is 4.98. The largest absolute Gasteiger partial charge is 0.455 e. The smallest absolute Gasteiger partial charge is 0.310 e. The Bertz CT molecular complexity index is 727. The molecule has 0 aliphatic rings. The highest BCUT2D eigenvalue weighted by molar-refractivity contribution is 6.36. The Morgan fingerprint density at radius 3 is 2.38 bits per heavy atom. The fourth-order valence-corrected chi connectivity index (χ4v) is 2.71. The van der Waals surface area contributed by atoms with Gasteiger partial charge in [0.25, 0.3) is 5.91 Å². The van der Waals surface area contributed by atoms with Crippen molar-refractivity contribution in [1.29, 1.82) is 0 Å². The SMILES string of the molecule is CCc1ccccc1NC(=O)COC(=O)Cc1c(Cl)cccc1Cl. The predicted molar refractivity (Wildman–Crippen MR) is 95.6 cm³/mol. The van der Waals surface area contributed by atoms with Gasteiger partial charge in [-0.05, 0) is 30.2 Å². The summed E-state index contributed by atoms with van der Waals surface area (Å²) in [6, 6.07) is 12.5. The number of benzene rings is 2. The fraction of sp³-hybridized carbons (Fsp3) is 0.222. The van der Waals surface area contributed by atoms with E-state index in [-0.39, 0.29) is 13.0 Å². The van der Waals surface area contributed by atoms with Crippen LogP contribution in [0.4, 0.5) is 5.69 Å². The Labute approximate surface area is 150 Å². The van der Waals surface area contributed by atoms with Crippen molar-refractivity contribution in [3.63, 3.8) is 0 Å². The van der Waals surface area contributed by atoms with Crippen LogP contribution < -0.4 is 5.32 Å². The van der Waals surface area contributed by atoms with Crippen LogP contribution in [0.5, 0.6) is 0 Å². The van der Waals surface area contributed by atoms with E-state index < -0.39 is 11.9 Å². The van der Waals surface area contributed by atoms with Crippen LogP contribution in [0.3, 0.4) is 0 Å². The van der Waals surface area contributed by atoms with E-state index in [9.17, 15) is 9.59 Å². The van der Waals surface area contributed by atoms with Crippen molar-refractivity contribution in [3.8, 4) is 0 Å². The second-order valence-corrected chi connectivity index (χ2v) is 5.91. The molecule has 0 radical (unpaired) electrons. The van der Waals surface area contributed by atoms with E-state index in [2.05, 4.69) is 5.32 Å². The molecule has 0 aliphatic carbocycles. The first kappa shape index (κ1) is 18.3. The number of hydrogen-bond acceptors (Lipinski definition) is 3. The number of ether oxygens (including phenoxy) is 1. The second-order valence-electron chi connectivity index (χ2n) is 5.10. The molecule has 0 unspecified atom stereocenters. The number of hydrogen-bond donors (Lipinski definition) is 1. The first-order chi connectivity index (χ1) is 11.5. The molecule has 126 valence electrons. The Morgan fingerprint density at radius 2 is 1.71 bits per heavy atom. The summed E-state index contributed by atoms with van der Waals surface area (Å²) in [6.07, 6.45) is 0.707. The molecule has 24 heavy (non-hydrogen) atoms. The van der Waals surface area contributed by atoms with Gasteiger partial charge in [-0.15, -0.1) is 0 Å². The summed E-state index contributed by atoms with van der Waals surface area (Å²) >= 11 is 12.0. The number of para-hydroxylation sites is 1. The fourth-order valence-electron chi connectivity index (χ4n) is 2.18. The summed E-state index contributed by atoms with van der Waals surface area (Å²) in [5, 5.41) is 3.51. The standard InChI is InChI=1S/C18H17Cl2NO3/c1-2-12-6-3-4-9-16(12)21-17(22)11-24-18(23)10-13-14(19)7-5-8-15(13)20/h3-9H,2,10-11H2,1H3,(H,21,22). The van der Waals surface area contributed by atoms with Crippen LogP contribution in [0.15, 0.2) is 42.5 Å². The molecule has 4 nitrogen and oxygen atoms in total. The number of aryl methyl sites for hydroxylation is 1. The Balaban J connectivity index is 1.88. The zero-order valence-corrected chi connectivity index (χ0v) is 14.7. The summed E-state index contributed by atoms with van der Waals surface area (Å²) in [5.41, 5.74) is 2.22. The topological polar surface area (TPSA) is 55.4 Å². The second kappa shape index (κ2) is 8.71. The van der Waals surface area contributed by atoms with Crippen LogP contribution in [0.1, 0.15) is 18.1 Å². The molecule has 6 heteroatoms. The van der Waals surface area contributed by atoms with E-state index >= 15 is 0 Å². The van der Waals surface area contributed by atoms with Gasteiger partial charge in [-0.2, -0.15) is 0 Å². The minimum absolute atomic E-state index is 0.0860. The highest BCUT2D eigenvalue weighted by Crippen LogP contribution is 2.24. The molecular weight excluding hydrogens is 349 g/mol. The average molecular weight is 366 g/mol. The van der Waals surface area contributed by atoms with E-state index in [1.54, 1.807) is 18.2 Å². The maximum atomic E-state index is 11.9. The van der Waals surface area contributed by atoms with Crippen molar-refractivity contribution in [3.05, 3.63) is 63.6 Å². The van der Waals surface area contributed by atoms with Gasteiger partial charge in [0, 0.05) is 21.3 Å². The maximum Gasteiger partial charge on any atom is 0.310 e. The van der Waals surface area contributed by atoms with E-state index in [4.69, 9.17) is 27.9 Å². The molecule has 0 atom stereocenters. The lowest BCUT2D eigenvalue weighted by atomic mass is 10.1. The van der Waals surface area contributed by atoms with Crippen LogP contribution in [-0.2, 0) is 27.2 Å². The van der Waals surface area contributed by atoms with Gasteiger partial charge >= 0.3 is 5.97 Å². The number of carbonyl (C=O) groups excluding carboxylic acids is 2. The molecule has 2 aromatic rings. The number of amides is 1. The molecule has 1 amide bonds.